The average Bonchev–Trinajstić information content (AvgIpc) is 3.41. The van der Waals surface area contributed by atoms with Crippen LogP contribution in [0.5, 0.6) is 0 Å². The number of ketones is 1. The van der Waals surface area contributed by atoms with E-state index in [1.165, 1.54) is 16.2 Å². The molecule has 1 atom stereocenters. The minimum Gasteiger partial charge on any atom is -0.507 e. The highest BCUT2D eigenvalue weighted by Crippen LogP contribution is 2.45. The lowest BCUT2D eigenvalue weighted by Crippen LogP contribution is -2.29. The number of benzene rings is 2. The molecule has 3 heterocycles. The second kappa shape index (κ2) is 7.75. The van der Waals surface area contributed by atoms with Gasteiger partial charge in [0.2, 0.25) is 0 Å². The van der Waals surface area contributed by atoms with Crippen LogP contribution in [0.1, 0.15) is 28.7 Å². The van der Waals surface area contributed by atoms with E-state index in [-0.39, 0.29) is 11.3 Å². The fraction of sp³-hybridized carbons (Fsp3) is 0.125. The van der Waals surface area contributed by atoms with E-state index in [4.69, 9.17) is 21.8 Å². The fourth-order valence-corrected chi connectivity index (χ4v) is 5.20. The number of carbonyl (C=O) groups excluding carboxylic acids is 2. The molecular weight excluding hydrogens is 462 g/mol. The molecule has 7 nitrogen and oxygen atoms in total. The van der Waals surface area contributed by atoms with Crippen LogP contribution in [0.4, 0.5) is 10.8 Å². The van der Waals surface area contributed by atoms with Crippen molar-refractivity contribution in [2.24, 2.45) is 0 Å². The van der Waals surface area contributed by atoms with Crippen LogP contribution in [0.15, 0.2) is 58.5 Å². The predicted octanol–water partition coefficient (Wildman–Crippen LogP) is 5.37. The van der Waals surface area contributed by atoms with Crippen molar-refractivity contribution in [1.82, 2.24) is 4.98 Å². The number of aryl methyl sites for hydroxylation is 2. The Morgan fingerprint density at radius 3 is 2.55 bits per heavy atom. The van der Waals surface area contributed by atoms with E-state index in [0.717, 1.165) is 4.70 Å². The number of nitrogens with two attached hydrogens (primary N) is 1. The summed E-state index contributed by atoms with van der Waals surface area (Å²) in [5, 5.41) is 12.0. The molecule has 5 rings (SSSR count). The van der Waals surface area contributed by atoms with Crippen LogP contribution < -0.4 is 10.6 Å². The Kier molecular flexibility index (Phi) is 4.99. The van der Waals surface area contributed by atoms with Crippen molar-refractivity contribution in [2.75, 3.05) is 10.6 Å². The minimum atomic E-state index is -0.894. The molecule has 4 aromatic rings. The van der Waals surface area contributed by atoms with Gasteiger partial charge in [0.25, 0.3) is 5.78 Å². The standard InChI is InChI=1S/C24H18ClN3O4S/c1-11-9-16(12(2)32-11)21(29)19-20(13-3-5-14(25)6-4-13)28(23(31)22(19)30)24-27-17-8-7-15(26)10-18(17)33-24/h3-10,20,29H,26H2,1-2H3/b21-19+. The molecule has 1 aliphatic heterocycles. The Balaban J connectivity index is 1.75. The molecule has 1 saturated heterocycles. The van der Waals surface area contributed by atoms with Gasteiger partial charge in [0, 0.05) is 10.7 Å². The van der Waals surface area contributed by atoms with Gasteiger partial charge in [-0.05, 0) is 55.8 Å². The molecule has 9 heteroatoms. The molecule has 0 saturated carbocycles. The highest BCUT2D eigenvalue weighted by molar-refractivity contribution is 7.22. The fourth-order valence-electron chi connectivity index (χ4n) is 4.03. The van der Waals surface area contributed by atoms with E-state index in [0.29, 0.717) is 44.0 Å². The maximum absolute atomic E-state index is 13.3. The number of aliphatic hydroxyl groups is 1. The molecule has 1 fully saturated rings. The van der Waals surface area contributed by atoms with Gasteiger partial charge >= 0.3 is 5.91 Å². The molecular formula is C24H18ClN3O4S. The Labute approximate surface area is 197 Å². The average molecular weight is 480 g/mol. The number of fused-ring (bicyclic) bond motifs is 1. The molecule has 0 aliphatic carbocycles. The van der Waals surface area contributed by atoms with Crippen molar-refractivity contribution in [3.8, 4) is 0 Å². The van der Waals surface area contributed by atoms with Gasteiger partial charge in [0.15, 0.2) is 5.13 Å². The second-order valence-electron chi connectivity index (χ2n) is 7.77. The molecule has 2 aromatic heterocycles. The summed E-state index contributed by atoms with van der Waals surface area (Å²) in [6, 6.07) is 12.8. The number of amides is 1. The Bertz CT molecular complexity index is 1470. The zero-order chi connectivity index (χ0) is 23.4. The molecule has 0 bridgehead atoms. The summed E-state index contributed by atoms with van der Waals surface area (Å²) >= 11 is 7.32. The van der Waals surface area contributed by atoms with E-state index in [1.54, 1.807) is 62.4 Å². The summed E-state index contributed by atoms with van der Waals surface area (Å²) in [7, 11) is 0. The van der Waals surface area contributed by atoms with Crippen LogP contribution in [0, 0.1) is 13.8 Å². The largest absolute Gasteiger partial charge is 0.507 e. The molecule has 2 aromatic carbocycles. The van der Waals surface area contributed by atoms with E-state index >= 15 is 0 Å². The highest BCUT2D eigenvalue weighted by Gasteiger charge is 2.48. The number of anilines is 2. The van der Waals surface area contributed by atoms with Crippen LogP contribution in [-0.2, 0) is 9.59 Å². The third-order valence-corrected chi connectivity index (χ3v) is 6.80. The lowest BCUT2D eigenvalue weighted by atomic mass is 9.95. The number of furan rings is 1. The van der Waals surface area contributed by atoms with Crippen molar-refractivity contribution in [1.29, 1.82) is 0 Å². The Morgan fingerprint density at radius 2 is 1.88 bits per heavy atom. The van der Waals surface area contributed by atoms with Gasteiger partial charge in [-0.3, -0.25) is 14.5 Å². The summed E-state index contributed by atoms with van der Waals surface area (Å²) in [6.45, 7) is 3.43. The van der Waals surface area contributed by atoms with Crippen molar-refractivity contribution >= 4 is 61.4 Å². The zero-order valence-corrected chi connectivity index (χ0v) is 19.2. The van der Waals surface area contributed by atoms with Crippen LogP contribution in [0.3, 0.4) is 0 Å². The number of hydrogen-bond donors (Lipinski definition) is 2. The number of rotatable bonds is 3. The van der Waals surface area contributed by atoms with Gasteiger partial charge in [-0.15, -0.1) is 0 Å². The number of hydrogen-bond acceptors (Lipinski definition) is 7. The topological polar surface area (TPSA) is 110 Å². The third kappa shape index (κ3) is 3.48. The number of thiazole rings is 1. The number of aliphatic hydroxyl groups excluding tert-OH is 1. The van der Waals surface area contributed by atoms with Crippen LogP contribution in [0.2, 0.25) is 5.02 Å². The molecule has 3 N–H and O–H groups in total. The molecule has 1 aliphatic rings. The summed E-state index contributed by atoms with van der Waals surface area (Å²) < 4.78 is 6.31. The summed E-state index contributed by atoms with van der Waals surface area (Å²) in [4.78, 5) is 32.4. The van der Waals surface area contributed by atoms with Crippen molar-refractivity contribution in [3.63, 3.8) is 0 Å². The first-order chi connectivity index (χ1) is 15.7. The van der Waals surface area contributed by atoms with Crippen molar-refractivity contribution < 1.29 is 19.1 Å². The molecule has 0 spiro atoms. The molecule has 33 heavy (non-hydrogen) atoms. The van der Waals surface area contributed by atoms with Crippen molar-refractivity contribution in [3.05, 3.63) is 81.8 Å². The predicted molar refractivity (Wildman–Crippen MR) is 128 cm³/mol. The van der Waals surface area contributed by atoms with Gasteiger partial charge < -0.3 is 15.3 Å². The normalized spacial score (nSPS) is 17.9. The molecule has 1 unspecified atom stereocenters. The quantitative estimate of drug-likeness (QED) is 0.177. The summed E-state index contributed by atoms with van der Waals surface area (Å²) in [6.07, 6.45) is 0. The first kappa shape index (κ1) is 21.2. The smallest absolute Gasteiger partial charge is 0.301 e. The van der Waals surface area contributed by atoms with Gasteiger partial charge in [-0.2, -0.15) is 0 Å². The first-order valence-electron chi connectivity index (χ1n) is 10.0. The van der Waals surface area contributed by atoms with Gasteiger partial charge in [-0.1, -0.05) is 35.1 Å². The van der Waals surface area contributed by atoms with E-state index in [9.17, 15) is 14.7 Å². The maximum atomic E-state index is 13.3. The van der Waals surface area contributed by atoms with E-state index in [2.05, 4.69) is 4.98 Å². The highest BCUT2D eigenvalue weighted by atomic mass is 35.5. The number of nitrogens with zero attached hydrogens (tertiary/aromatic N) is 2. The van der Waals surface area contributed by atoms with Gasteiger partial charge in [-0.25, -0.2) is 4.98 Å². The number of halogens is 1. The molecule has 0 radical (unpaired) electrons. The number of nitrogen functional groups attached to an aromatic ring is 1. The second-order valence-corrected chi connectivity index (χ2v) is 9.22. The molecule has 166 valence electrons. The number of aromatic nitrogens is 1. The van der Waals surface area contributed by atoms with Crippen LogP contribution in [-0.4, -0.2) is 21.8 Å². The number of Topliss-reactive ketones (excluding diaryl/α,β-unsaturated/α-hetero) is 1. The summed E-state index contributed by atoms with van der Waals surface area (Å²) in [5.74, 6) is -0.849. The van der Waals surface area contributed by atoms with Gasteiger partial charge in [0.1, 0.15) is 17.3 Å². The lowest BCUT2D eigenvalue weighted by molar-refractivity contribution is -0.132. The van der Waals surface area contributed by atoms with E-state index < -0.39 is 17.7 Å². The first-order valence-corrected chi connectivity index (χ1v) is 11.2. The monoisotopic (exact) mass is 479 g/mol. The van der Waals surface area contributed by atoms with Crippen LogP contribution >= 0.6 is 22.9 Å². The zero-order valence-electron chi connectivity index (χ0n) is 17.6. The minimum absolute atomic E-state index is 0.0370. The number of carbonyl (C=O) groups is 2. The maximum Gasteiger partial charge on any atom is 0.301 e. The van der Waals surface area contributed by atoms with E-state index in [1.807, 2.05) is 0 Å². The van der Waals surface area contributed by atoms with Crippen LogP contribution in [0.25, 0.3) is 16.0 Å². The molecule has 1 amide bonds. The Hall–Kier alpha value is -3.62. The third-order valence-electron chi connectivity index (χ3n) is 5.53. The Morgan fingerprint density at radius 1 is 1.15 bits per heavy atom. The lowest BCUT2D eigenvalue weighted by Gasteiger charge is -2.22. The van der Waals surface area contributed by atoms with Crippen molar-refractivity contribution in [2.45, 2.75) is 19.9 Å². The summed E-state index contributed by atoms with van der Waals surface area (Å²) in [5.41, 5.74) is 8.05. The SMILES string of the molecule is Cc1cc(/C(O)=C2\C(=O)C(=O)N(c3nc4ccc(N)cc4s3)C2c2ccc(Cl)cc2)c(C)o1. The van der Waals surface area contributed by atoms with Gasteiger partial charge in [0.05, 0.1) is 27.4 Å².